The molecule has 33 heavy (non-hydrogen) atoms. The third-order valence-electron chi connectivity index (χ3n) is 4.40. The zero-order valence-corrected chi connectivity index (χ0v) is 18.9. The molecule has 0 aliphatic rings. The fourth-order valence-corrected chi connectivity index (χ4v) is 3.66. The molecule has 2 heterocycles. The van der Waals surface area contributed by atoms with Gasteiger partial charge in [0.25, 0.3) is 5.91 Å². The van der Waals surface area contributed by atoms with Gasteiger partial charge in [0.1, 0.15) is 33.1 Å². The van der Waals surface area contributed by atoms with Crippen LogP contribution in [0.2, 0.25) is 0 Å². The fourth-order valence-electron chi connectivity index (χ4n) is 2.78. The predicted octanol–water partition coefficient (Wildman–Crippen LogP) is 3.87. The number of aliphatic hydroxyl groups is 1. The lowest BCUT2D eigenvalue weighted by atomic mass is 10.2. The number of pyridine rings is 1. The van der Waals surface area contributed by atoms with Crippen LogP contribution in [0.15, 0.2) is 36.7 Å². The smallest absolute Gasteiger partial charge is 0.277 e. The molecular formula is C22H24F2N4O4S. The number of amides is 1. The van der Waals surface area contributed by atoms with Crippen molar-refractivity contribution in [3.05, 3.63) is 54.0 Å². The van der Waals surface area contributed by atoms with Crippen LogP contribution in [-0.4, -0.2) is 46.4 Å². The van der Waals surface area contributed by atoms with E-state index in [1.165, 1.54) is 18.5 Å². The van der Waals surface area contributed by atoms with E-state index in [0.29, 0.717) is 12.2 Å². The number of carbonyl (C=O) groups is 1. The lowest BCUT2D eigenvalue weighted by Crippen LogP contribution is -2.21. The van der Waals surface area contributed by atoms with E-state index in [0.717, 1.165) is 23.5 Å². The molecular weight excluding hydrogens is 454 g/mol. The van der Waals surface area contributed by atoms with Crippen LogP contribution < -0.4 is 15.8 Å². The van der Waals surface area contributed by atoms with E-state index >= 15 is 0 Å². The minimum absolute atomic E-state index is 0.00443. The van der Waals surface area contributed by atoms with Crippen molar-refractivity contribution in [1.82, 2.24) is 9.97 Å². The Balaban J connectivity index is 1.68. The summed E-state index contributed by atoms with van der Waals surface area (Å²) in [4.78, 5) is 20.8. The van der Waals surface area contributed by atoms with Gasteiger partial charge in [0.05, 0.1) is 37.2 Å². The summed E-state index contributed by atoms with van der Waals surface area (Å²) in [5.41, 5.74) is 5.63. The van der Waals surface area contributed by atoms with Gasteiger partial charge in [-0.3, -0.25) is 9.78 Å². The largest absolute Gasteiger partial charge is 0.491 e. The van der Waals surface area contributed by atoms with E-state index in [-0.39, 0.29) is 46.3 Å². The highest BCUT2D eigenvalue weighted by atomic mass is 32.1. The van der Waals surface area contributed by atoms with Crippen LogP contribution in [0.25, 0.3) is 10.6 Å². The standard InChI is InChI=1S/C22H24F2N4O4S/c1-12(2)32-11-13(29)7-9-31-17-6-8-26-10-16(17)27-21(30)19-20(25)33-22(28-19)18-14(23)4-3-5-15(18)24/h3-6,8,10,12-13,29H,7,9,11,25H2,1-2H3,(H,27,30). The monoisotopic (exact) mass is 478 g/mol. The van der Waals surface area contributed by atoms with Crippen LogP contribution in [0.5, 0.6) is 5.75 Å². The van der Waals surface area contributed by atoms with Crippen molar-refractivity contribution in [2.75, 3.05) is 24.3 Å². The molecule has 8 nitrogen and oxygen atoms in total. The Bertz CT molecular complexity index is 1090. The first-order valence-electron chi connectivity index (χ1n) is 10.1. The number of anilines is 2. The second-order valence-electron chi connectivity index (χ2n) is 7.33. The second kappa shape index (κ2) is 11.1. The zero-order chi connectivity index (χ0) is 24.0. The minimum Gasteiger partial charge on any atom is -0.491 e. The van der Waals surface area contributed by atoms with Crippen LogP contribution in [0.4, 0.5) is 19.5 Å². The molecule has 3 aromatic rings. The average Bonchev–Trinajstić information content (AvgIpc) is 3.14. The number of nitrogen functional groups attached to an aromatic ring is 1. The van der Waals surface area contributed by atoms with Gasteiger partial charge in [-0.15, -0.1) is 0 Å². The number of hydrogen-bond acceptors (Lipinski definition) is 8. The van der Waals surface area contributed by atoms with E-state index in [1.54, 1.807) is 6.07 Å². The summed E-state index contributed by atoms with van der Waals surface area (Å²) in [5, 5.41) is 12.5. The van der Waals surface area contributed by atoms with Crippen molar-refractivity contribution in [1.29, 1.82) is 0 Å². The van der Waals surface area contributed by atoms with Crippen molar-refractivity contribution < 1.29 is 28.2 Å². The van der Waals surface area contributed by atoms with E-state index < -0.39 is 23.6 Å². The topological polar surface area (TPSA) is 120 Å². The third kappa shape index (κ3) is 6.44. The molecule has 1 aromatic carbocycles. The maximum Gasteiger partial charge on any atom is 0.277 e. The summed E-state index contributed by atoms with van der Waals surface area (Å²) in [6.07, 6.45) is 2.50. The summed E-state index contributed by atoms with van der Waals surface area (Å²) >= 11 is 0.802. The number of rotatable bonds is 10. The van der Waals surface area contributed by atoms with E-state index in [9.17, 15) is 18.7 Å². The Hall–Kier alpha value is -3.15. The lowest BCUT2D eigenvalue weighted by molar-refractivity contribution is -0.00189. The Morgan fingerprint density at radius 3 is 2.70 bits per heavy atom. The molecule has 11 heteroatoms. The van der Waals surface area contributed by atoms with Gasteiger partial charge in [-0.05, 0) is 26.0 Å². The Kier molecular flexibility index (Phi) is 8.26. The average molecular weight is 479 g/mol. The third-order valence-corrected chi connectivity index (χ3v) is 5.31. The van der Waals surface area contributed by atoms with Crippen LogP contribution in [-0.2, 0) is 4.74 Å². The van der Waals surface area contributed by atoms with Gasteiger partial charge in [0.15, 0.2) is 5.69 Å². The summed E-state index contributed by atoms with van der Waals surface area (Å²) < 4.78 is 39.2. The number of ether oxygens (including phenoxy) is 2. The summed E-state index contributed by atoms with van der Waals surface area (Å²) in [6.45, 7) is 4.11. The number of carbonyl (C=O) groups excluding carboxylic acids is 1. The zero-order valence-electron chi connectivity index (χ0n) is 18.0. The van der Waals surface area contributed by atoms with Crippen LogP contribution >= 0.6 is 11.3 Å². The van der Waals surface area contributed by atoms with Crippen molar-refractivity contribution in [3.8, 4) is 16.3 Å². The highest BCUT2D eigenvalue weighted by Crippen LogP contribution is 2.34. The number of nitrogens with one attached hydrogen (secondary N) is 1. The Labute approximate surface area is 193 Å². The Morgan fingerprint density at radius 2 is 2.00 bits per heavy atom. The van der Waals surface area contributed by atoms with E-state index in [2.05, 4.69) is 15.3 Å². The van der Waals surface area contributed by atoms with Gasteiger partial charge < -0.3 is 25.6 Å². The molecule has 1 atom stereocenters. The SMILES string of the molecule is CC(C)OCC(O)CCOc1ccncc1NC(=O)c1nc(-c2c(F)cccc2F)sc1N. The van der Waals surface area contributed by atoms with Crippen molar-refractivity contribution in [3.63, 3.8) is 0 Å². The number of hydrogen-bond donors (Lipinski definition) is 3. The van der Waals surface area contributed by atoms with Gasteiger partial charge in [-0.25, -0.2) is 13.8 Å². The highest BCUT2D eigenvalue weighted by Gasteiger charge is 2.22. The summed E-state index contributed by atoms with van der Waals surface area (Å²) in [7, 11) is 0. The molecule has 0 saturated heterocycles. The number of aliphatic hydroxyl groups excluding tert-OH is 1. The maximum absolute atomic E-state index is 14.1. The quantitative estimate of drug-likeness (QED) is 0.405. The molecule has 0 fully saturated rings. The molecule has 3 rings (SSSR count). The number of nitrogens with zero attached hydrogens (tertiary/aromatic N) is 2. The Morgan fingerprint density at radius 1 is 1.27 bits per heavy atom. The molecule has 0 saturated carbocycles. The number of halogens is 2. The molecule has 0 bridgehead atoms. The normalized spacial score (nSPS) is 12.1. The van der Waals surface area contributed by atoms with Crippen LogP contribution in [0.3, 0.4) is 0 Å². The van der Waals surface area contributed by atoms with Gasteiger partial charge in [-0.1, -0.05) is 17.4 Å². The van der Waals surface area contributed by atoms with Crippen molar-refractivity contribution in [2.45, 2.75) is 32.5 Å². The highest BCUT2D eigenvalue weighted by molar-refractivity contribution is 7.19. The van der Waals surface area contributed by atoms with Crippen molar-refractivity contribution >= 4 is 27.9 Å². The number of nitrogens with two attached hydrogens (primary N) is 1. The number of benzene rings is 1. The molecule has 176 valence electrons. The first-order valence-corrected chi connectivity index (χ1v) is 11.0. The molecule has 0 aliphatic heterocycles. The molecule has 2 aromatic heterocycles. The first kappa shape index (κ1) is 24.5. The van der Waals surface area contributed by atoms with Gasteiger partial charge in [0.2, 0.25) is 0 Å². The number of aromatic nitrogens is 2. The molecule has 0 radical (unpaired) electrons. The van der Waals surface area contributed by atoms with Crippen molar-refractivity contribution in [2.24, 2.45) is 0 Å². The molecule has 1 amide bonds. The minimum atomic E-state index is -0.806. The van der Waals surface area contributed by atoms with Crippen LogP contribution in [0, 0.1) is 11.6 Å². The van der Waals surface area contributed by atoms with Gasteiger partial charge in [0, 0.05) is 18.7 Å². The second-order valence-corrected chi connectivity index (χ2v) is 8.36. The maximum atomic E-state index is 14.1. The van der Waals surface area contributed by atoms with E-state index in [4.69, 9.17) is 15.2 Å². The molecule has 1 unspecified atom stereocenters. The number of thiazole rings is 1. The first-order chi connectivity index (χ1) is 15.8. The predicted molar refractivity (Wildman–Crippen MR) is 121 cm³/mol. The molecule has 4 N–H and O–H groups in total. The van der Waals surface area contributed by atoms with Crippen LogP contribution in [0.1, 0.15) is 30.8 Å². The fraction of sp³-hybridized carbons (Fsp3) is 0.318. The summed E-state index contributed by atoms with van der Waals surface area (Å²) in [6, 6.07) is 4.98. The van der Waals surface area contributed by atoms with Gasteiger partial charge >= 0.3 is 0 Å². The van der Waals surface area contributed by atoms with Gasteiger partial charge in [-0.2, -0.15) is 0 Å². The summed E-state index contributed by atoms with van der Waals surface area (Å²) in [5.74, 6) is -1.97. The van der Waals surface area contributed by atoms with E-state index in [1.807, 2.05) is 13.8 Å². The molecule has 0 spiro atoms. The molecule has 0 aliphatic carbocycles. The lowest BCUT2D eigenvalue weighted by Gasteiger charge is -2.15.